The highest BCUT2D eigenvalue weighted by molar-refractivity contribution is 7.13. The molecule has 1 N–H and O–H groups in total. The van der Waals surface area contributed by atoms with E-state index in [4.69, 9.17) is 4.52 Å². The number of nitrogens with one attached hydrogen (secondary N) is 1. The number of hydrogen-bond donors (Lipinski definition) is 1. The largest absolute Gasteiger partial charge is 0.352 e. The summed E-state index contributed by atoms with van der Waals surface area (Å²) in [5.74, 6) is 1.46. The molecule has 4 heterocycles. The van der Waals surface area contributed by atoms with E-state index in [9.17, 15) is 4.79 Å². The van der Waals surface area contributed by atoms with Gasteiger partial charge in [-0.05, 0) is 55.1 Å². The van der Waals surface area contributed by atoms with Gasteiger partial charge in [-0.1, -0.05) is 11.2 Å². The molecule has 0 bridgehead atoms. The number of amides is 1. The fourth-order valence-electron chi connectivity index (χ4n) is 3.20. The Kier molecular flexibility index (Phi) is 5.55. The second kappa shape index (κ2) is 8.41. The minimum Gasteiger partial charge on any atom is -0.352 e. The lowest BCUT2D eigenvalue weighted by Gasteiger charge is -2.30. The zero-order valence-electron chi connectivity index (χ0n) is 14.9. The SMILES string of the molecule is O=C(NCc1ccncc1)C1CCN(Cc2nc(-c3cccs3)no2)CC1. The molecular formula is C19H21N5O2S. The molecule has 0 aromatic carbocycles. The van der Waals surface area contributed by atoms with Gasteiger partial charge in [0, 0.05) is 24.9 Å². The van der Waals surface area contributed by atoms with E-state index in [2.05, 4.69) is 25.3 Å². The Hall–Kier alpha value is -2.58. The summed E-state index contributed by atoms with van der Waals surface area (Å²) < 4.78 is 5.37. The predicted octanol–water partition coefficient (Wildman–Crippen LogP) is 2.72. The van der Waals surface area contributed by atoms with Crippen LogP contribution < -0.4 is 5.32 Å². The van der Waals surface area contributed by atoms with Crippen LogP contribution in [0.5, 0.6) is 0 Å². The van der Waals surface area contributed by atoms with Gasteiger partial charge in [0.1, 0.15) is 0 Å². The maximum Gasteiger partial charge on any atom is 0.241 e. The minimum atomic E-state index is 0.0625. The third-order valence-electron chi connectivity index (χ3n) is 4.74. The van der Waals surface area contributed by atoms with Gasteiger partial charge in [-0.3, -0.25) is 14.7 Å². The average Bonchev–Trinajstić information content (AvgIpc) is 3.39. The van der Waals surface area contributed by atoms with Gasteiger partial charge in [0.05, 0.1) is 11.4 Å². The zero-order valence-corrected chi connectivity index (χ0v) is 15.7. The summed E-state index contributed by atoms with van der Waals surface area (Å²) in [5, 5.41) is 9.07. The quantitative estimate of drug-likeness (QED) is 0.705. The summed E-state index contributed by atoms with van der Waals surface area (Å²) >= 11 is 1.60. The molecule has 140 valence electrons. The van der Waals surface area contributed by atoms with Crippen LogP contribution in [0.3, 0.4) is 0 Å². The van der Waals surface area contributed by atoms with Gasteiger partial charge in [-0.25, -0.2) is 0 Å². The summed E-state index contributed by atoms with van der Waals surface area (Å²) in [7, 11) is 0. The van der Waals surface area contributed by atoms with E-state index in [1.165, 1.54) is 0 Å². The highest BCUT2D eigenvalue weighted by Gasteiger charge is 2.25. The van der Waals surface area contributed by atoms with Crippen molar-refractivity contribution in [1.82, 2.24) is 25.3 Å². The molecule has 3 aromatic heterocycles. The molecule has 3 aromatic rings. The van der Waals surface area contributed by atoms with Crippen LogP contribution in [0.1, 0.15) is 24.3 Å². The first-order chi connectivity index (χ1) is 13.3. The van der Waals surface area contributed by atoms with Gasteiger partial charge < -0.3 is 9.84 Å². The number of piperidine rings is 1. The minimum absolute atomic E-state index is 0.0625. The van der Waals surface area contributed by atoms with Crippen LogP contribution in [0.2, 0.25) is 0 Å². The molecule has 7 nitrogen and oxygen atoms in total. The van der Waals surface area contributed by atoms with Crippen molar-refractivity contribution in [2.75, 3.05) is 13.1 Å². The van der Waals surface area contributed by atoms with Crippen LogP contribution in [-0.2, 0) is 17.9 Å². The number of pyridine rings is 1. The maximum absolute atomic E-state index is 12.4. The summed E-state index contributed by atoms with van der Waals surface area (Å²) in [6.45, 7) is 2.88. The Morgan fingerprint density at radius 2 is 2.07 bits per heavy atom. The van der Waals surface area contributed by atoms with E-state index in [1.54, 1.807) is 23.7 Å². The molecular weight excluding hydrogens is 362 g/mol. The van der Waals surface area contributed by atoms with Crippen LogP contribution >= 0.6 is 11.3 Å². The van der Waals surface area contributed by atoms with Crippen molar-refractivity contribution in [2.45, 2.75) is 25.9 Å². The summed E-state index contributed by atoms with van der Waals surface area (Å²) in [6, 6.07) is 7.78. The van der Waals surface area contributed by atoms with Gasteiger partial charge in [0.2, 0.25) is 17.6 Å². The van der Waals surface area contributed by atoms with Gasteiger partial charge >= 0.3 is 0 Å². The number of likely N-dealkylation sites (tertiary alicyclic amines) is 1. The molecule has 1 saturated heterocycles. The van der Waals surface area contributed by atoms with Crippen LogP contribution in [0.15, 0.2) is 46.6 Å². The molecule has 0 radical (unpaired) electrons. The molecule has 27 heavy (non-hydrogen) atoms. The number of nitrogens with zero attached hydrogens (tertiary/aromatic N) is 4. The molecule has 0 aliphatic carbocycles. The molecule has 1 fully saturated rings. The van der Waals surface area contributed by atoms with Crippen molar-refractivity contribution in [3.63, 3.8) is 0 Å². The fraction of sp³-hybridized carbons (Fsp3) is 0.368. The van der Waals surface area contributed by atoms with Crippen molar-refractivity contribution < 1.29 is 9.32 Å². The van der Waals surface area contributed by atoms with Crippen molar-refractivity contribution in [3.05, 3.63) is 53.5 Å². The summed E-state index contributed by atoms with van der Waals surface area (Å²) in [5.41, 5.74) is 1.06. The molecule has 4 rings (SSSR count). The van der Waals surface area contributed by atoms with Crippen molar-refractivity contribution in [3.8, 4) is 10.7 Å². The standard InChI is InChI=1S/C19H21N5O2S/c25-19(21-12-14-3-7-20-8-4-14)15-5-9-24(10-6-15)13-17-22-18(23-26-17)16-2-1-11-27-16/h1-4,7-8,11,15H,5-6,9-10,12-13H2,(H,21,25). The van der Waals surface area contributed by atoms with Gasteiger partial charge in [0.25, 0.3) is 0 Å². The normalized spacial score (nSPS) is 15.7. The van der Waals surface area contributed by atoms with Crippen molar-refractivity contribution in [1.29, 1.82) is 0 Å². The zero-order chi connectivity index (χ0) is 18.5. The van der Waals surface area contributed by atoms with E-state index in [0.717, 1.165) is 36.4 Å². The lowest BCUT2D eigenvalue weighted by atomic mass is 9.96. The Balaban J connectivity index is 1.23. The first kappa shape index (κ1) is 17.8. The summed E-state index contributed by atoms with van der Waals surface area (Å²) in [6.07, 6.45) is 5.16. The maximum atomic E-state index is 12.4. The second-order valence-electron chi connectivity index (χ2n) is 6.61. The number of rotatable bonds is 6. The molecule has 8 heteroatoms. The highest BCUT2D eigenvalue weighted by atomic mass is 32.1. The van der Waals surface area contributed by atoms with Gasteiger partial charge in [0.15, 0.2) is 0 Å². The molecule has 0 saturated carbocycles. The molecule has 1 aliphatic rings. The lowest BCUT2D eigenvalue weighted by molar-refractivity contribution is -0.126. The van der Waals surface area contributed by atoms with Crippen molar-refractivity contribution >= 4 is 17.2 Å². The Morgan fingerprint density at radius 3 is 2.81 bits per heavy atom. The Bertz CT molecular complexity index is 857. The van der Waals surface area contributed by atoms with Gasteiger partial charge in [-0.2, -0.15) is 4.98 Å². The number of hydrogen-bond acceptors (Lipinski definition) is 7. The second-order valence-corrected chi connectivity index (χ2v) is 7.56. The highest BCUT2D eigenvalue weighted by Crippen LogP contribution is 2.23. The molecule has 1 aliphatic heterocycles. The Morgan fingerprint density at radius 1 is 1.26 bits per heavy atom. The number of carbonyl (C=O) groups excluding carboxylic acids is 1. The monoisotopic (exact) mass is 383 g/mol. The summed E-state index contributed by atoms with van der Waals surface area (Å²) in [4.78, 5) is 24.1. The smallest absolute Gasteiger partial charge is 0.241 e. The van der Waals surface area contributed by atoms with E-state index in [1.807, 2.05) is 29.6 Å². The van der Waals surface area contributed by atoms with Crippen LogP contribution in [0.25, 0.3) is 10.7 Å². The molecule has 0 atom stereocenters. The number of carbonyl (C=O) groups is 1. The van der Waals surface area contributed by atoms with Crippen LogP contribution in [0.4, 0.5) is 0 Å². The topological polar surface area (TPSA) is 84.2 Å². The predicted molar refractivity (Wildman–Crippen MR) is 102 cm³/mol. The first-order valence-corrected chi connectivity index (χ1v) is 9.91. The van der Waals surface area contributed by atoms with E-state index in [-0.39, 0.29) is 11.8 Å². The molecule has 0 spiro atoms. The Labute approximate surface area is 161 Å². The van der Waals surface area contributed by atoms with E-state index < -0.39 is 0 Å². The van der Waals surface area contributed by atoms with Crippen LogP contribution in [0, 0.1) is 5.92 Å². The van der Waals surface area contributed by atoms with E-state index in [0.29, 0.717) is 24.8 Å². The van der Waals surface area contributed by atoms with E-state index >= 15 is 0 Å². The molecule has 1 amide bonds. The van der Waals surface area contributed by atoms with Crippen LogP contribution in [-0.4, -0.2) is 39.0 Å². The third kappa shape index (κ3) is 4.58. The number of thiophene rings is 1. The lowest BCUT2D eigenvalue weighted by Crippen LogP contribution is -2.40. The fourth-order valence-corrected chi connectivity index (χ4v) is 3.85. The first-order valence-electron chi connectivity index (χ1n) is 9.03. The number of aromatic nitrogens is 3. The average molecular weight is 383 g/mol. The van der Waals surface area contributed by atoms with Crippen molar-refractivity contribution in [2.24, 2.45) is 5.92 Å². The third-order valence-corrected chi connectivity index (χ3v) is 5.61. The molecule has 0 unspecified atom stereocenters. The van der Waals surface area contributed by atoms with Gasteiger partial charge in [-0.15, -0.1) is 11.3 Å².